The Morgan fingerprint density at radius 1 is 1.20 bits per heavy atom. The van der Waals surface area contributed by atoms with E-state index in [0.29, 0.717) is 12.4 Å². The van der Waals surface area contributed by atoms with Gasteiger partial charge in [-0.1, -0.05) is 18.2 Å². The smallest absolute Gasteiger partial charge is 0.337 e. The zero-order chi connectivity index (χ0) is 18.2. The predicted octanol–water partition coefficient (Wildman–Crippen LogP) is 3.66. The highest BCUT2D eigenvalue weighted by Gasteiger charge is 2.11. The fourth-order valence-corrected chi connectivity index (χ4v) is 2.11. The van der Waals surface area contributed by atoms with Crippen LogP contribution >= 0.6 is 0 Å². The molecule has 1 N–H and O–H groups in total. The Bertz CT molecular complexity index is 802. The summed E-state index contributed by atoms with van der Waals surface area (Å²) in [4.78, 5) is 23.5. The van der Waals surface area contributed by atoms with Gasteiger partial charge in [-0.05, 0) is 37.3 Å². The van der Waals surface area contributed by atoms with Crippen molar-refractivity contribution in [1.29, 1.82) is 0 Å². The Morgan fingerprint density at radius 3 is 2.68 bits per heavy atom. The quantitative estimate of drug-likeness (QED) is 0.642. The average molecular weight is 343 g/mol. The van der Waals surface area contributed by atoms with E-state index >= 15 is 0 Å². The van der Waals surface area contributed by atoms with E-state index in [1.807, 2.05) is 19.1 Å². The number of halogens is 1. The Kier molecular flexibility index (Phi) is 6.28. The number of rotatable bonds is 6. The summed E-state index contributed by atoms with van der Waals surface area (Å²) in [6.45, 7) is 2.37. The maximum atomic E-state index is 13.8. The van der Waals surface area contributed by atoms with Crippen LogP contribution in [0.1, 0.15) is 22.8 Å². The Morgan fingerprint density at radius 2 is 1.96 bits per heavy atom. The molecule has 130 valence electrons. The second-order valence-corrected chi connectivity index (χ2v) is 4.98. The van der Waals surface area contributed by atoms with Crippen molar-refractivity contribution in [2.75, 3.05) is 19.0 Å². The van der Waals surface area contributed by atoms with Crippen LogP contribution in [0.4, 0.5) is 10.1 Å². The van der Waals surface area contributed by atoms with Crippen LogP contribution in [0.2, 0.25) is 0 Å². The number of nitrogens with one attached hydrogen (secondary N) is 1. The molecule has 0 aliphatic rings. The van der Waals surface area contributed by atoms with E-state index in [1.54, 1.807) is 18.2 Å². The van der Waals surface area contributed by atoms with Gasteiger partial charge in [0.1, 0.15) is 11.6 Å². The highest BCUT2D eigenvalue weighted by Crippen LogP contribution is 2.20. The van der Waals surface area contributed by atoms with Crippen molar-refractivity contribution in [2.24, 2.45) is 0 Å². The number of esters is 1. The van der Waals surface area contributed by atoms with Crippen LogP contribution in [0.15, 0.2) is 48.5 Å². The summed E-state index contributed by atoms with van der Waals surface area (Å²) in [6.07, 6.45) is 2.84. The van der Waals surface area contributed by atoms with Crippen molar-refractivity contribution in [3.8, 4) is 5.75 Å². The van der Waals surface area contributed by atoms with Gasteiger partial charge in [0.2, 0.25) is 5.91 Å². The number of anilines is 1. The maximum absolute atomic E-state index is 13.8. The van der Waals surface area contributed by atoms with Crippen LogP contribution in [-0.2, 0) is 9.53 Å². The molecular weight excluding hydrogens is 325 g/mol. The Labute approximate surface area is 145 Å². The average Bonchev–Trinajstić information content (AvgIpc) is 2.62. The van der Waals surface area contributed by atoms with Crippen molar-refractivity contribution in [2.45, 2.75) is 6.92 Å². The third-order valence-corrected chi connectivity index (χ3v) is 3.28. The van der Waals surface area contributed by atoms with Gasteiger partial charge in [0, 0.05) is 11.6 Å². The highest BCUT2D eigenvalue weighted by atomic mass is 19.1. The molecule has 25 heavy (non-hydrogen) atoms. The first-order chi connectivity index (χ1) is 12.0. The molecule has 2 aromatic rings. The lowest BCUT2D eigenvalue weighted by Crippen LogP contribution is -2.11. The lowest BCUT2D eigenvalue weighted by atomic mass is 10.1. The summed E-state index contributed by atoms with van der Waals surface area (Å²) in [5.41, 5.74) is 0.767. The van der Waals surface area contributed by atoms with Gasteiger partial charge >= 0.3 is 5.97 Å². The van der Waals surface area contributed by atoms with Crippen LogP contribution in [0.25, 0.3) is 6.08 Å². The van der Waals surface area contributed by atoms with Crippen LogP contribution in [0.3, 0.4) is 0 Å². The first kappa shape index (κ1) is 18.2. The van der Waals surface area contributed by atoms with Gasteiger partial charge in [0.25, 0.3) is 0 Å². The predicted molar refractivity (Wildman–Crippen MR) is 93.0 cm³/mol. The zero-order valence-corrected chi connectivity index (χ0v) is 13.9. The first-order valence-corrected chi connectivity index (χ1v) is 7.64. The third kappa shape index (κ3) is 4.91. The molecule has 0 saturated carbocycles. The molecule has 0 spiro atoms. The van der Waals surface area contributed by atoms with Gasteiger partial charge in [-0.25, -0.2) is 9.18 Å². The van der Waals surface area contributed by atoms with Crippen LogP contribution in [0, 0.1) is 5.82 Å². The van der Waals surface area contributed by atoms with E-state index in [-0.39, 0.29) is 11.3 Å². The Balaban J connectivity index is 2.14. The summed E-state index contributed by atoms with van der Waals surface area (Å²) in [7, 11) is 1.22. The minimum Gasteiger partial charge on any atom is -0.493 e. The second kappa shape index (κ2) is 8.63. The van der Waals surface area contributed by atoms with E-state index in [9.17, 15) is 14.0 Å². The molecule has 0 radical (unpaired) electrons. The molecule has 0 aliphatic carbocycles. The molecule has 5 nitrogen and oxygen atoms in total. The third-order valence-electron chi connectivity index (χ3n) is 3.28. The van der Waals surface area contributed by atoms with E-state index in [1.165, 1.54) is 25.3 Å². The molecule has 0 bridgehead atoms. The van der Waals surface area contributed by atoms with E-state index in [0.717, 1.165) is 11.6 Å². The summed E-state index contributed by atoms with van der Waals surface area (Å²) in [5, 5.41) is 2.40. The lowest BCUT2D eigenvalue weighted by Gasteiger charge is -2.07. The molecule has 0 heterocycles. The monoisotopic (exact) mass is 343 g/mol. The van der Waals surface area contributed by atoms with Gasteiger partial charge in [0.05, 0.1) is 25.0 Å². The van der Waals surface area contributed by atoms with Gasteiger partial charge in [-0.3, -0.25) is 4.79 Å². The van der Waals surface area contributed by atoms with Crippen molar-refractivity contribution >= 4 is 23.6 Å². The number of amides is 1. The number of hydrogen-bond donors (Lipinski definition) is 1. The van der Waals surface area contributed by atoms with Gasteiger partial charge in [-0.15, -0.1) is 0 Å². The van der Waals surface area contributed by atoms with Gasteiger partial charge in [0.15, 0.2) is 0 Å². The van der Waals surface area contributed by atoms with E-state index in [4.69, 9.17) is 4.74 Å². The topological polar surface area (TPSA) is 64.6 Å². The standard InChI is InChI=1S/C19H18FNO4/c1-3-25-17-7-5-4-6-13(17)9-11-18(22)21-16-12-14(19(23)24-2)8-10-15(16)20/h4-12H,3H2,1-2H3,(H,21,22)/b11-9+. The van der Waals surface area contributed by atoms with Crippen molar-refractivity contribution in [1.82, 2.24) is 0 Å². The molecule has 0 atom stereocenters. The molecule has 0 aliphatic heterocycles. The fourth-order valence-electron chi connectivity index (χ4n) is 2.11. The molecule has 1 amide bonds. The largest absolute Gasteiger partial charge is 0.493 e. The summed E-state index contributed by atoms with van der Waals surface area (Å²) >= 11 is 0. The molecule has 0 fully saturated rings. The number of para-hydroxylation sites is 1. The lowest BCUT2D eigenvalue weighted by molar-refractivity contribution is -0.111. The van der Waals surface area contributed by atoms with E-state index in [2.05, 4.69) is 10.1 Å². The number of methoxy groups -OCH3 is 1. The van der Waals surface area contributed by atoms with Gasteiger partial charge < -0.3 is 14.8 Å². The molecule has 6 heteroatoms. The first-order valence-electron chi connectivity index (χ1n) is 7.64. The number of carbonyl (C=O) groups is 2. The minimum atomic E-state index is -0.649. The van der Waals surface area contributed by atoms with Crippen LogP contribution in [0.5, 0.6) is 5.75 Å². The zero-order valence-electron chi connectivity index (χ0n) is 13.9. The second-order valence-electron chi connectivity index (χ2n) is 4.98. The molecule has 2 rings (SSSR count). The van der Waals surface area contributed by atoms with Crippen molar-refractivity contribution in [3.63, 3.8) is 0 Å². The SMILES string of the molecule is CCOc1ccccc1/C=C/C(=O)Nc1cc(C(=O)OC)ccc1F. The Hall–Kier alpha value is -3.15. The highest BCUT2D eigenvalue weighted by molar-refractivity contribution is 6.03. The summed E-state index contributed by atoms with van der Waals surface area (Å²) < 4.78 is 23.9. The van der Waals surface area contributed by atoms with Crippen LogP contribution in [-0.4, -0.2) is 25.6 Å². The molecule has 0 saturated heterocycles. The van der Waals surface area contributed by atoms with E-state index < -0.39 is 17.7 Å². The normalized spacial score (nSPS) is 10.5. The number of hydrogen-bond acceptors (Lipinski definition) is 4. The molecule has 2 aromatic carbocycles. The summed E-state index contributed by atoms with van der Waals surface area (Å²) in [5.74, 6) is -1.15. The molecule has 0 unspecified atom stereocenters. The summed E-state index contributed by atoms with van der Waals surface area (Å²) in [6, 6.07) is 10.8. The minimum absolute atomic E-state index is 0.101. The van der Waals surface area contributed by atoms with Crippen molar-refractivity contribution in [3.05, 3.63) is 65.5 Å². The van der Waals surface area contributed by atoms with Gasteiger partial charge in [-0.2, -0.15) is 0 Å². The number of ether oxygens (including phenoxy) is 2. The van der Waals surface area contributed by atoms with Crippen molar-refractivity contribution < 1.29 is 23.5 Å². The molecular formula is C19H18FNO4. The number of benzene rings is 2. The van der Waals surface area contributed by atoms with Crippen LogP contribution < -0.4 is 10.1 Å². The number of carbonyl (C=O) groups excluding carboxylic acids is 2. The molecule has 0 aromatic heterocycles. The fraction of sp³-hybridized carbons (Fsp3) is 0.158. The maximum Gasteiger partial charge on any atom is 0.337 e.